The number of benzene rings is 18. The third kappa shape index (κ3) is 1.49. The van der Waals surface area contributed by atoms with Crippen LogP contribution in [0.15, 0.2) is 24.3 Å². The summed E-state index contributed by atoms with van der Waals surface area (Å²) in [5, 5.41) is 85.7. The first-order valence-corrected chi connectivity index (χ1v) is 29.4. The Morgan fingerprint density at radius 3 is 0.697 bits per heavy atom. The normalized spacial score (nSPS) is 29.6. The Bertz CT molecular complexity index is 7330. The molecule has 0 saturated carbocycles. The summed E-state index contributed by atoms with van der Waals surface area (Å²) in [4.78, 5) is 6.37. The van der Waals surface area contributed by atoms with E-state index >= 15 is 0 Å². The van der Waals surface area contributed by atoms with Crippen LogP contribution in [0.4, 0.5) is 0 Å². The zero-order valence-electron chi connectivity index (χ0n) is 40.2. The van der Waals surface area contributed by atoms with Crippen LogP contribution in [0.5, 0.6) is 0 Å². The lowest BCUT2D eigenvalue weighted by Gasteiger charge is -2.69. The molecule has 27 aromatic rings. The lowest BCUT2D eigenvalue weighted by Crippen LogP contribution is -2.73. The molecular formula is C74H20N2. The molecule has 2 aliphatic heterocycles. The standard InChI is InChI=1S/C74H20N2/c1-3-75-9-71-63-54-47-39-30-22-15-13-14-16-18-17(15)24-28(22)41(47)49-43-32(24)33-25(18)29-23(16)31-27-20(14)21-19(13)26(30)35-37-34(21)38-36(27)46-40(31)48-42(29)50-44(33)53(43)62-65(58(49)54)73(71)69(75)11-7-5-6-8-12(11)70-74(73)66(62)59(50)55(48)64-57(46)61-52(38)51(37)60(56(63)45(35)39)67(71)68(61)72(64,74)10-76(70)4-2/h5-8,69-70H,3-4,9-10H2,1-2H3/t69-,70-,71?,72?,73?,74?/m0/s1. The highest BCUT2D eigenvalue weighted by Crippen LogP contribution is 2.95. The largest absolute Gasteiger partial charge is 0.294 e. The molecule has 6 atom stereocenters. The maximum atomic E-state index is 3.18. The van der Waals surface area contributed by atoms with Gasteiger partial charge in [0.2, 0.25) is 0 Å². The molecule has 7 aliphatic carbocycles. The van der Waals surface area contributed by atoms with E-state index in [9.17, 15) is 0 Å². The van der Waals surface area contributed by atoms with Crippen molar-refractivity contribution < 1.29 is 0 Å². The summed E-state index contributed by atoms with van der Waals surface area (Å²) in [7, 11) is 0. The number of likely N-dealkylation sites (tertiary alicyclic amines) is 2. The summed E-state index contributed by atoms with van der Waals surface area (Å²) in [6.07, 6.45) is 0. The minimum Gasteiger partial charge on any atom is -0.294 e. The second-order valence-corrected chi connectivity index (χ2v) is 29.0. The number of nitrogens with zero attached hydrogens (tertiary/aromatic N) is 2. The van der Waals surface area contributed by atoms with Gasteiger partial charge in [0.15, 0.2) is 0 Å². The SMILES string of the molecule is CCN1CC23c4c5c6c7c8c9c%10c%11c%12c(c%13c%14c2c2c4c4c6c6c%15c7c7c9c9c%10c%10c%12c%12c%13c%13c%14c%14c2c2c4c6c4c6c2c%14c2c%13c%13c%12c%10c%10c9c9c7c%15c4c4c9c%10c%13c2c64)C32[C@@H]1c1ccccc1[C@@H]1N(CC)CC58C%1112. The van der Waals surface area contributed by atoms with E-state index < -0.39 is 0 Å². The van der Waals surface area contributed by atoms with Crippen molar-refractivity contribution in [1.29, 1.82) is 0 Å². The van der Waals surface area contributed by atoms with E-state index in [0.717, 1.165) is 26.2 Å². The van der Waals surface area contributed by atoms with Crippen molar-refractivity contribution in [2.45, 2.75) is 47.6 Å². The van der Waals surface area contributed by atoms with Gasteiger partial charge in [-0.05, 0) is 327 Å². The molecule has 0 radical (unpaired) electrons. The number of hydrogen-bond acceptors (Lipinski definition) is 2. The van der Waals surface area contributed by atoms with Crippen LogP contribution in [0, 0.1) is 0 Å². The molecule has 2 saturated heterocycles. The Kier molecular flexibility index (Phi) is 2.53. The monoisotopic (exact) mass is 936 g/mol. The van der Waals surface area contributed by atoms with E-state index in [1.54, 1.807) is 280 Å². The van der Waals surface area contributed by atoms with Crippen molar-refractivity contribution in [3.05, 3.63) is 68.8 Å². The highest BCUT2D eigenvalue weighted by atomic mass is 15.3. The average molecular weight is 937 g/mol. The van der Waals surface area contributed by atoms with E-state index in [1.807, 2.05) is 33.4 Å². The molecule has 36 rings (SSSR count). The molecular weight excluding hydrogens is 917 g/mol. The summed E-state index contributed by atoms with van der Waals surface area (Å²) in [6.45, 7) is 9.56. The summed E-state index contributed by atoms with van der Waals surface area (Å²) >= 11 is 0. The summed E-state index contributed by atoms with van der Waals surface area (Å²) in [6, 6.07) is 10.9. The first-order valence-electron chi connectivity index (χ1n) is 29.4. The zero-order chi connectivity index (χ0) is 45.5. The van der Waals surface area contributed by atoms with Gasteiger partial charge in [0.25, 0.3) is 0 Å². The van der Waals surface area contributed by atoms with E-state index in [1.165, 1.54) is 0 Å². The Labute approximate surface area is 419 Å². The predicted octanol–water partition coefficient (Wildman–Crippen LogP) is 17.6. The first-order chi connectivity index (χ1) is 37.8. The fraction of sp³-hybridized carbons (Fsp3) is 0.162. The second-order valence-electron chi connectivity index (χ2n) is 29.0. The van der Waals surface area contributed by atoms with E-state index in [2.05, 4.69) is 47.9 Å². The Balaban J connectivity index is 1.14. The molecule has 326 valence electrons. The third-order valence-corrected chi connectivity index (χ3v) is 29.5. The van der Waals surface area contributed by atoms with Gasteiger partial charge in [-0.3, -0.25) is 9.80 Å². The Hall–Kier alpha value is -8.14. The molecule has 0 N–H and O–H groups in total. The molecule has 2 heterocycles. The zero-order valence-corrected chi connectivity index (χ0v) is 40.2. The minimum atomic E-state index is -0.213. The van der Waals surface area contributed by atoms with Crippen molar-refractivity contribution in [3.63, 3.8) is 0 Å². The smallest absolute Gasteiger partial charge is 0.0477 e. The highest BCUT2D eigenvalue weighted by molar-refractivity contribution is 6.81. The molecule has 2 fully saturated rings. The lowest BCUT2D eigenvalue weighted by molar-refractivity contribution is 0.0269. The summed E-state index contributed by atoms with van der Waals surface area (Å²) in [5.74, 6) is 0. The van der Waals surface area contributed by atoms with Crippen LogP contribution < -0.4 is 0 Å². The number of rotatable bonds is 2. The molecule has 4 spiro atoms. The van der Waals surface area contributed by atoms with Crippen LogP contribution in [0.1, 0.15) is 70.4 Å². The molecule has 27 aromatic carbocycles. The quantitative estimate of drug-likeness (QED) is 0.159. The average Bonchev–Trinajstić information content (AvgIpc) is 2.28. The molecule has 0 bridgehead atoms. The maximum absolute atomic E-state index is 3.18. The molecule has 9 aliphatic rings. The van der Waals surface area contributed by atoms with Crippen molar-refractivity contribution >= 4 is 269 Å². The van der Waals surface area contributed by atoms with Gasteiger partial charge in [0.1, 0.15) is 0 Å². The number of likely N-dealkylation sites (N-methyl/N-ethyl adjacent to an activating group) is 2. The van der Waals surface area contributed by atoms with Crippen molar-refractivity contribution in [1.82, 2.24) is 9.80 Å². The highest BCUT2D eigenvalue weighted by Gasteiger charge is 2.93. The Morgan fingerprint density at radius 1 is 0.263 bits per heavy atom. The maximum Gasteiger partial charge on any atom is 0.0477 e. The Morgan fingerprint density at radius 2 is 0.461 bits per heavy atom. The summed E-state index contributed by atoms with van der Waals surface area (Å²) in [5.41, 5.74) is 13.8. The van der Waals surface area contributed by atoms with Gasteiger partial charge < -0.3 is 0 Å². The molecule has 76 heavy (non-hydrogen) atoms. The van der Waals surface area contributed by atoms with Crippen LogP contribution in [-0.4, -0.2) is 36.0 Å². The van der Waals surface area contributed by atoms with Gasteiger partial charge >= 0.3 is 0 Å². The van der Waals surface area contributed by atoms with Gasteiger partial charge in [-0.2, -0.15) is 0 Å². The van der Waals surface area contributed by atoms with Gasteiger partial charge in [0.05, 0.1) is 0 Å². The van der Waals surface area contributed by atoms with E-state index in [0.29, 0.717) is 0 Å². The lowest BCUT2D eigenvalue weighted by atomic mass is 9.30. The van der Waals surface area contributed by atoms with Crippen LogP contribution in [0.3, 0.4) is 0 Å². The molecule has 4 unspecified atom stereocenters. The number of hydrogen-bond donors (Lipinski definition) is 0. The third-order valence-electron chi connectivity index (χ3n) is 29.5. The van der Waals surface area contributed by atoms with Crippen molar-refractivity contribution in [2.24, 2.45) is 0 Å². The first kappa shape index (κ1) is 29.2. The molecule has 0 aromatic heterocycles. The van der Waals surface area contributed by atoms with Crippen LogP contribution in [-0.2, 0) is 21.7 Å². The fourth-order valence-corrected chi connectivity index (χ4v) is 30.1. The number of fused-ring (bicyclic) bond motifs is 3. The molecule has 2 heteroatoms. The van der Waals surface area contributed by atoms with Gasteiger partial charge in [-0.15, -0.1) is 0 Å². The van der Waals surface area contributed by atoms with Crippen molar-refractivity contribution in [2.75, 3.05) is 26.2 Å². The van der Waals surface area contributed by atoms with Gasteiger partial charge in [0, 0.05) is 46.8 Å². The predicted molar refractivity (Wildman–Crippen MR) is 315 cm³/mol. The minimum absolute atomic E-state index is 0.209. The van der Waals surface area contributed by atoms with Crippen LogP contribution in [0.25, 0.3) is 269 Å². The van der Waals surface area contributed by atoms with Crippen molar-refractivity contribution in [3.8, 4) is 0 Å². The van der Waals surface area contributed by atoms with Crippen LogP contribution >= 0.6 is 0 Å². The van der Waals surface area contributed by atoms with Crippen LogP contribution in [0.2, 0.25) is 0 Å². The summed E-state index contributed by atoms with van der Waals surface area (Å²) < 4.78 is 0. The second kappa shape index (κ2) is 6.58. The van der Waals surface area contributed by atoms with E-state index in [4.69, 9.17) is 0 Å². The van der Waals surface area contributed by atoms with Gasteiger partial charge in [-0.1, -0.05) is 38.1 Å². The molecule has 0 amide bonds. The van der Waals surface area contributed by atoms with Gasteiger partial charge in [-0.25, -0.2) is 0 Å². The molecule has 2 nitrogen and oxygen atoms in total. The topological polar surface area (TPSA) is 6.48 Å². The fourth-order valence-electron chi connectivity index (χ4n) is 30.1. The van der Waals surface area contributed by atoms with E-state index in [-0.39, 0.29) is 33.7 Å².